The summed E-state index contributed by atoms with van der Waals surface area (Å²) in [4.78, 5) is 13.3. The predicted octanol–water partition coefficient (Wildman–Crippen LogP) is 1.70. The van der Waals surface area contributed by atoms with Gasteiger partial charge in [-0.25, -0.2) is 0 Å². The number of hydrogen-bond donors (Lipinski definition) is 1. The molecule has 2 heterocycles. The number of nitrogens with one attached hydrogen (secondary N) is 1. The third kappa shape index (κ3) is 1.82. The van der Waals surface area contributed by atoms with Gasteiger partial charge < -0.3 is 0 Å². The smallest absolute Gasteiger partial charge is 0.230 e. The lowest BCUT2D eigenvalue weighted by molar-refractivity contribution is -0.117. The van der Waals surface area contributed by atoms with Crippen LogP contribution in [0.3, 0.4) is 0 Å². The molecule has 1 aliphatic heterocycles. The SMILES string of the molecule is O=C1CC(Br)CN1c1n[nH]c(=S)s1. The monoisotopic (exact) mass is 279 g/mol. The first-order valence-electron chi connectivity index (χ1n) is 3.67. The van der Waals surface area contributed by atoms with Gasteiger partial charge in [-0.3, -0.25) is 14.8 Å². The lowest BCUT2D eigenvalue weighted by Crippen LogP contribution is -2.24. The van der Waals surface area contributed by atoms with Crippen LogP contribution in [0.5, 0.6) is 0 Å². The van der Waals surface area contributed by atoms with E-state index in [1.54, 1.807) is 4.90 Å². The minimum atomic E-state index is 0.0969. The van der Waals surface area contributed by atoms with Crippen molar-refractivity contribution in [3.63, 3.8) is 0 Å². The molecule has 1 unspecified atom stereocenters. The Bertz CT molecular complexity index is 387. The number of aromatic amines is 1. The number of alkyl halides is 1. The van der Waals surface area contributed by atoms with Crippen LogP contribution in [0.4, 0.5) is 5.13 Å². The van der Waals surface area contributed by atoms with Crippen LogP contribution >= 0.6 is 39.5 Å². The normalized spacial score (nSPS) is 22.7. The standard InChI is InChI=1S/C6H6BrN3OS2/c7-3-1-4(11)10(2-3)5-8-9-6(12)13-5/h3H,1-2H2,(H,9,12). The molecule has 1 aromatic heterocycles. The number of rotatable bonds is 1. The first kappa shape index (κ1) is 9.29. The van der Waals surface area contributed by atoms with E-state index in [0.717, 1.165) is 0 Å². The van der Waals surface area contributed by atoms with Crippen LogP contribution in [-0.2, 0) is 4.79 Å². The molecule has 1 fully saturated rings. The van der Waals surface area contributed by atoms with Gasteiger partial charge in [-0.1, -0.05) is 27.3 Å². The van der Waals surface area contributed by atoms with Crippen molar-refractivity contribution in [3.05, 3.63) is 3.95 Å². The molecule has 1 amide bonds. The maximum absolute atomic E-state index is 11.4. The molecule has 0 bridgehead atoms. The van der Waals surface area contributed by atoms with Crippen molar-refractivity contribution in [1.82, 2.24) is 10.2 Å². The van der Waals surface area contributed by atoms with E-state index < -0.39 is 0 Å². The summed E-state index contributed by atoms with van der Waals surface area (Å²) < 4.78 is 0.598. The Morgan fingerprint density at radius 3 is 3.00 bits per heavy atom. The predicted molar refractivity (Wildman–Crippen MR) is 57.0 cm³/mol. The highest BCUT2D eigenvalue weighted by Crippen LogP contribution is 2.26. The van der Waals surface area contributed by atoms with Gasteiger partial charge >= 0.3 is 0 Å². The number of carbonyl (C=O) groups excluding carboxylic acids is 1. The minimum Gasteiger partial charge on any atom is -0.286 e. The van der Waals surface area contributed by atoms with Crippen LogP contribution in [0.15, 0.2) is 0 Å². The van der Waals surface area contributed by atoms with Crippen LogP contribution in [0.1, 0.15) is 6.42 Å². The van der Waals surface area contributed by atoms with Crippen molar-refractivity contribution in [2.75, 3.05) is 11.4 Å². The van der Waals surface area contributed by atoms with E-state index in [0.29, 0.717) is 22.1 Å². The average molecular weight is 280 g/mol. The van der Waals surface area contributed by atoms with Gasteiger partial charge in [-0.15, -0.1) is 5.10 Å². The highest BCUT2D eigenvalue weighted by Gasteiger charge is 2.30. The second-order valence-electron chi connectivity index (χ2n) is 2.70. The van der Waals surface area contributed by atoms with Crippen molar-refractivity contribution in [2.24, 2.45) is 0 Å². The summed E-state index contributed by atoms with van der Waals surface area (Å²) in [5.41, 5.74) is 0. The quantitative estimate of drug-likeness (QED) is 0.629. The van der Waals surface area contributed by atoms with Crippen molar-refractivity contribution in [1.29, 1.82) is 0 Å². The molecule has 0 aliphatic carbocycles. The molecule has 70 valence electrons. The number of H-pyrrole nitrogens is 1. The zero-order valence-corrected chi connectivity index (χ0v) is 9.71. The maximum Gasteiger partial charge on any atom is 0.230 e. The third-order valence-corrected chi connectivity index (χ3v) is 3.46. The summed E-state index contributed by atoms with van der Waals surface area (Å²) in [7, 11) is 0. The highest BCUT2D eigenvalue weighted by atomic mass is 79.9. The molecule has 4 nitrogen and oxygen atoms in total. The molecule has 1 aliphatic rings. The van der Waals surface area contributed by atoms with Crippen LogP contribution < -0.4 is 4.90 Å². The number of carbonyl (C=O) groups is 1. The number of halogens is 1. The molecule has 0 spiro atoms. The fraction of sp³-hybridized carbons (Fsp3) is 0.500. The van der Waals surface area contributed by atoms with E-state index in [-0.39, 0.29) is 10.7 Å². The van der Waals surface area contributed by atoms with Crippen LogP contribution in [0, 0.1) is 3.95 Å². The summed E-state index contributed by atoms with van der Waals surface area (Å²) in [6.45, 7) is 0.676. The number of anilines is 1. The zero-order chi connectivity index (χ0) is 9.42. The van der Waals surface area contributed by atoms with Gasteiger partial charge in [0.25, 0.3) is 0 Å². The fourth-order valence-corrected chi connectivity index (χ4v) is 2.66. The second kappa shape index (κ2) is 3.47. The number of nitrogens with zero attached hydrogens (tertiary/aromatic N) is 2. The van der Waals surface area contributed by atoms with Crippen molar-refractivity contribution >= 4 is 50.5 Å². The molecular formula is C6H6BrN3OS2. The fourth-order valence-electron chi connectivity index (χ4n) is 1.19. The largest absolute Gasteiger partial charge is 0.286 e. The first-order chi connectivity index (χ1) is 6.16. The Morgan fingerprint density at radius 1 is 1.77 bits per heavy atom. The molecule has 0 saturated carbocycles. The minimum absolute atomic E-state index is 0.0969. The Balaban J connectivity index is 2.27. The molecule has 1 saturated heterocycles. The van der Waals surface area contributed by atoms with Crippen LogP contribution in [0.25, 0.3) is 0 Å². The second-order valence-corrected chi connectivity index (χ2v) is 5.64. The number of hydrogen-bond acceptors (Lipinski definition) is 4. The molecule has 2 rings (SSSR count). The summed E-state index contributed by atoms with van der Waals surface area (Å²) in [6.07, 6.45) is 0.534. The topological polar surface area (TPSA) is 49.0 Å². The van der Waals surface area contributed by atoms with Crippen molar-refractivity contribution < 1.29 is 4.79 Å². The molecule has 1 atom stereocenters. The van der Waals surface area contributed by atoms with Gasteiger partial charge in [0, 0.05) is 17.8 Å². The van der Waals surface area contributed by atoms with E-state index in [9.17, 15) is 4.79 Å². The van der Waals surface area contributed by atoms with Crippen molar-refractivity contribution in [2.45, 2.75) is 11.2 Å². The highest BCUT2D eigenvalue weighted by molar-refractivity contribution is 9.09. The lowest BCUT2D eigenvalue weighted by atomic mass is 10.4. The zero-order valence-electron chi connectivity index (χ0n) is 6.49. The first-order valence-corrected chi connectivity index (χ1v) is 5.81. The molecule has 0 aromatic carbocycles. The third-order valence-electron chi connectivity index (χ3n) is 1.74. The molecule has 1 aromatic rings. The number of aromatic nitrogens is 2. The average Bonchev–Trinajstić information content (AvgIpc) is 2.58. The summed E-state index contributed by atoms with van der Waals surface area (Å²) in [6, 6.07) is 0. The molecule has 13 heavy (non-hydrogen) atoms. The van der Waals surface area contributed by atoms with Gasteiger partial charge in [0.2, 0.25) is 11.0 Å². The van der Waals surface area contributed by atoms with E-state index in [2.05, 4.69) is 26.1 Å². The van der Waals surface area contributed by atoms with Gasteiger partial charge in [0.15, 0.2) is 3.95 Å². The Kier molecular flexibility index (Phi) is 2.48. The summed E-state index contributed by atoms with van der Waals surface area (Å²) in [5.74, 6) is 0.0969. The van der Waals surface area contributed by atoms with E-state index >= 15 is 0 Å². The van der Waals surface area contributed by atoms with E-state index in [1.807, 2.05) is 0 Å². The molecule has 0 radical (unpaired) electrons. The molecule has 7 heteroatoms. The summed E-state index contributed by atoms with van der Waals surface area (Å²) in [5, 5.41) is 7.28. The van der Waals surface area contributed by atoms with Gasteiger partial charge in [-0.2, -0.15) is 0 Å². The Hall–Kier alpha value is -0.270. The number of amides is 1. The van der Waals surface area contributed by atoms with Gasteiger partial charge in [0.1, 0.15) is 0 Å². The van der Waals surface area contributed by atoms with Crippen LogP contribution in [-0.4, -0.2) is 27.5 Å². The van der Waals surface area contributed by atoms with E-state index in [1.165, 1.54) is 11.3 Å². The molecular weight excluding hydrogens is 274 g/mol. The van der Waals surface area contributed by atoms with Gasteiger partial charge in [0.05, 0.1) is 0 Å². The van der Waals surface area contributed by atoms with Gasteiger partial charge in [-0.05, 0) is 12.2 Å². The maximum atomic E-state index is 11.4. The summed E-state index contributed by atoms with van der Waals surface area (Å²) >= 11 is 9.61. The van der Waals surface area contributed by atoms with Crippen molar-refractivity contribution in [3.8, 4) is 0 Å². The van der Waals surface area contributed by atoms with E-state index in [4.69, 9.17) is 12.2 Å². The Labute approximate surface area is 92.1 Å². The van der Waals surface area contributed by atoms with Crippen LogP contribution in [0.2, 0.25) is 0 Å². The Morgan fingerprint density at radius 2 is 2.54 bits per heavy atom. The molecule has 1 N–H and O–H groups in total. The lowest BCUT2D eigenvalue weighted by Gasteiger charge is -2.09.